The first-order valence-corrected chi connectivity index (χ1v) is 17.0. The summed E-state index contributed by atoms with van der Waals surface area (Å²) in [6, 6.07) is 42.1. The number of pyridine rings is 4. The molecule has 0 amide bonds. The Balaban J connectivity index is 1.47. The fourth-order valence-electron chi connectivity index (χ4n) is 6.03. The number of allylic oxidation sites excluding steroid dienone is 2. The summed E-state index contributed by atoms with van der Waals surface area (Å²) in [5.41, 5.74) is 10.7. The summed E-state index contributed by atoms with van der Waals surface area (Å²) in [5, 5.41) is 0. The third-order valence-electron chi connectivity index (χ3n) is 8.21. The van der Waals surface area contributed by atoms with E-state index in [2.05, 4.69) is 108 Å². The van der Waals surface area contributed by atoms with Crippen molar-refractivity contribution < 1.29 is 0 Å². The topological polar surface area (TPSA) is 51.6 Å². The fraction of sp³-hybridized carbons (Fsp3) is 0.0769. The molecule has 0 saturated carbocycles. The van der Waals surface area contributed by atoms with Crippen LogP contribution < -0.4 is 0 Å². The molecule has 214 valence electrons. The van der Waals surface area contributed by atoms with Gasteiger partial charge < -0.3 is 0 Å². The highest BCUT2D eigenvalue weighted by molar-refractivity contribution is 8.48. The van der Waals surface area contributed by atoms with Gasteiger partial charge in [-0.1, -0.05) is 91.9 Å². The molecule has 7 rings (SSSR count). The second-order valence-corrected chi connectivity index (χ2v) is 14.4. The average Bonchev–Trinajstić information content (AvgIpc) is 3.39. The lowest BCUT2D eigenvalue weighted by atomic mass is 9.89. The third-order valence-corrected chi connectivity index (χ3v) is 12.0. The zero-order valence-electron chi connectivity index (χ0n) is 24.8. The van der Waals surface area contributed by atoms with Crippen molar-refractivity contribution >= 4 is 31.0 Å². The average molecular weight is 589 g/mol. The van der Waals surface area contributed by atoms with Gasteiger partial charge in [-0.25, -0.2) is 0 Å². The molecule has 5 heterocycles. The Labute approximate surface area is 260 Å². The minimum absolute atomic E-state index is 0.869. The molecule has 6 aromatic rings. The number of benzene rings is 2. The molecular formula is C39H32N4S. The van der Waals surface area contributed by atoms with Crippen molar-refractivity contribution in [3.05, 3.63) is 168 Å². The molecule has 4 aromatic heterocycles. The van der Waals surface area contributed by atoms with Crippen molar-refractivity contribution in [3.63, 3.8) is 0 Å². The molecule has 0 unspecified atom stereocenters. The Morgan fingerprint density at radius 2 is 0.841 bits per heavy atom. The van der Waals surface area contributed by atoms with Crippen LogP contribution in [0.25, 0.3) is 43.7 Å². The van der Waals surface area contributed by atoms with Crippen molar-refractivity contribution in [3.8, 4) is 22.8 Å². The molecule has 0 saturated heterocycles. The molecule has 1 aliphatic rings. The second kappa shape index (κ2) is 11.9. The highest BCUT2D eigenvalue weighted by Gasteiger charge is 2.41. The summed E-state index contributed by atoms with van der Waals surface area (Å²) in [5.74, 6) is 0.980. The molecule has 0 atom stereocenters. The van der Waals surface area contributed by atoms with E-state index in [9.17, 15) is 0 Å². The maximum atomic E-state index is 4.94. The summed E-state index contributed by atoms with van der Waals surface area (Å²) in [6.45, 7) is 2.32. The van der Waals surface area contributed by atoms with Gasteiger partial charge in [0.15, 0.2) is 0 Å². The largest absolute Gasteiger partial charge is 0.255 e. The van der Waals surface area contributed by atoms with E-state index in [1.807, 2.05) is 61.2 Å². The number of nitrogens with zero attached hydrogens (tertiary/aromatic N) is 4. The van der Waals surface area contributed by atoms with Crippen molar-refractivity contribution in [2.75, 3.05) is 12.0 Å². The van der Waals surface area contributed by atoms with Crippen LogP contribution in [-0.2, 0) is 0 Å². The molecule has 0 aliphatic carbocycles. The first-order valence-electron chi connectivity index (χ1n) is 14.8. The molecule has 0 fully saturated rings. The summed E-state index contributed by atoms with van der Waals surface area (Å²) >= 11 is 0. The van der Waals surface area contributed by atoms with Gasteiger partial charge in [0.1, 0.15) is 0 Å². The predicted molar refractivity (Wildman–Crippen MR) is 186 cm³/mol. The maximum Gasteiger partial charge on any atom is 0.0886 e. The van der Waals surface area contributed by atoms with E-state index in [-0.39, 0.29) is 0 Å². The van der Waals surface area contributed by atoms with Crippen LogP contribution in [-0.4, -0.2) is 31.9 Å². The molecule has 4 nitrogen and oxygen atoms in total. The quantitative estimate of drug-likeness (QED) is 0.186. The van der Waals surface area contributed by atoms with E-state index in [1.54, 1.807) is 0 Å². The number of hydrogen-bond acceptors (Lipinski definition) is 4. The molecule has 0 spiro atoms. The van der Waals surface area contributed by atoms with Crippen molar-refractivity contribution in [1.82, 2.24) is 19.9 Å². The van der Waals surface area contributed by atoms with Gasteiger partial charge in [-0.15, -0.1) is 0 Å². The first-order chi connectivity index (χ1) is 21.7. The lowest BCUT2D eigenvalue weighted by Gasteiger charge is -2.37. The predicted octanol–water partition coefficient (Wildman–Crippen LogP) is 9.51. The molecule has 5 heteroatoms. The van der Waals surface area contributed by atoms with Gasteiger partial charge in [-0.2, -0.15) is 10.0 Å². The molecule has 44 heavy (non-hydrogen) atoms. The fourth-order valence-corrected chi connectivity index (χ4v) is 9.43. The van der Waals surface area contributed by atoms with Crippen LogP contribution in [0.3, 0.4) is 0 Å². The minimum atomic E-state index is -1.53. The SMILES string of the molecule is CCS1(C)C(c2ccc(-c3ccccn3)nc2)=C(c2ccccc2)C(c2ccccc2)=C1c1ccc(-c2ccccn2)nc1. The molecule has 2 aromatic carbocycles. The standard InChI is InChI=1S/C39H32N4S/c1-3-44(2)38(30-20-22-34(42-26-30)32-18-10-12-24-40-32)36(28-14-6-4-7-15-28)37(29-16-8-5-9-17-29)39(44)31-21-23-35(43-27-31)33-19-11-13-25-41-33/h4-27H,3H2,1-2H3. The van der Waals surface area contributed by atoms with Gasteiger partial charge >= 0.3 is 0 Å². The van der Waals surface area contributed by atoms with Crippen molar-refractivity contribution in [2.24, 2.45) is 0 Å². The number of aromatic nitrogens is 4. The highest BCUT2D eigenvalue weighted by Crippen LogP contribution is 2.75. The van der Waals surface area contributed by atoms with Crippen molar-refractivity contribution in [1.29, 1.82) is 0 Å². The van der Waals surface area contributed by atoms with Crippen LogP contribution in [0.2, 0.25) is 0 Å². The molecular weight excluding hydrogens is 557 g/mol. The van der Waals surface area contributed by atoms with Gasteiger partial charge in [-0.05, 0) is 59.5 Å². The van der Waals surface area contributed by atoms with E-state index in [0.29, 0.717) is 0 Å². The summed E-state index contributed by atoms with van der Waals surface area (Å²) in [4.78, 5) is 21.6. The van der Waals surface area contributed by atoms with Crippen LogP contribution in [0, 0.1) is 0 Å². The normalized spacial score (nSPS) is 15.0. The van der Waals surface area contributed by atoms with Gasteiger partial charge in [0.2, 0.25) is 0 Å². The lowest BCUT2D eigenvalue weighted by molar-refractivity contribution is 1.24. The second-order valence-electron chi connectivity index (χ2n) is 10.8. The van der Waals surface area contributed by atoms with Crippen LogP contribution in [0.15, 0.2) is 146 Å². The summed E-state index contributed by atoms with van der Waals surface area (Å²) in [6.07, 6.45) is 10.2. The Morgan fingerprint density at radius 3 is 1.18 bits per heavy atom. The van der Waals surface area contributed by atoms with Crippen molar-refractivity contribution in [2.45, 2.75) is 6.92 Å². The van der Waals surface area contributed by atoms with E-state index in [4.69, 9.17) is 9.97 Å². The Morgan fingerprint density at radius 1 is 0.432 bits per heavy atom. The molecule has 1 aliphatic heterocycles. The van der Waals surface area contributed by atoms with Gasteiger partial charge in [0.05, 0.1) is 22.8 Å². The van der Waals surface area contributed by atoms with E-state index in [0.717, 1.165) is 39.7 Å². The zero-order chi connectivity index (χ0) is 29.9. The summed E-state index contributed by atoms with van der Waals surface area (Å²) in [7, 11) is -1.53. The van der Waals surface area contributed by atoms with Crippen LogP contribution in [0.1, 0.15) is 29.2 Å². The zero-order valence-corrected chi connectivity index (χ0v) is 25.6. The highest BCUT2D eigenvalue weighted by atomic mass is 32.3. The third kappa shape index (κ3) is 4.95. The minimum Gasteiger partial charge on any atom is -0.255 e. The Hall–Kier alpha value is -5.13. The molecule has 0 N–H and O–H groups in total. The van der Waals surface area contributed by atoms with E-state index in [1.165, 1.54) is 32.1 Å². The Bertz CT molecular complexity index is 1810. The van der Waals surface area contributed by atoms with E-state index >= 15 is 0 Å². The number of rotatable bonds is 7. The van der Waals surface area contributed by atoms with Crippen LogP contribution in [0.4, 0.5) is 0 Å². The maximum absolute atomic E-state index is 4.94. The Kier molecular flexibility index (Phi) is 7.47. The van der Waals surface area contributed by atoms with Gasteiger partial charge in [-0.3, -0.25) is 19.9 Å². The molecule has 0 bridgehead atoms. The van der Waals surface area contributed by atoms with E-state index < -0.39 is 10.0 Å². The lowest BCUT2D eigenvalue weighted by Crippen LogP contribution is -2.05. The van der Waals surface area contributed by atoms with Crippen LogP contribution >= 0.6 is 10.0 Å². The van der Waals surface area contributed by atoms with Gasteiger partial charge in [0, 0.05) is 56.9 Å². The first kappa shape index (κ1) is 27.7. The smallest absolute Gasteiger partial charge is 0.0886 e. The monoisotopic (exact) mass is 588 g/mol. The summed E-state index contributed by atoms with van der Waals surface area (Å²) < 4.78 is 0. The van der Waals surface area contributed by atoms with Crippen LogP contribution in [0.5, 0.6) is 0 Å². The van der Waals surface area contributed by atoms with Gasteiger partial charge in [0.25, 0.3) is 0 Å². The number of hydrogen-bond donors (Lipinski definition) is 0. The molecule has 0 radical (unpaired) electrons.